The molecule has 1 aromatic carbocycles. The fraction of sp³-hybridized carbons (Fsp3) is 0.647. The van der Waals surface area contributed by atoms with Crippen LogP contribution in [0.4, 0.5) is 13.2 Å². The van der Waals surface area contributed by atoms with Gasteiger partial charge in [-0.3, -0.25) is 0 Å². The molecule has 3 atom stereocenters. The van der Waals surface area contributed by atoms with E-state index in [2.05, 4.69) is 41.1 Å². The van der Waals surface area contributed by atoms with Gasteiger partial charge in [-0.1, -0.05) is 46.1 Å². The highest BCUT2D eigenvalue weighted by Gasteiger charge is 2.43. The largest absolute Gasteiger partial charge is 0.391 e. The van der Waals surface area contributed by atoms with E-state index >= 15 is 0 Å². The van der Waals surface area contributed by atoms with Crippen LogP contribution >= 0.6 is 15.9 Å². The van der Waals surface area contributed by atoms with Crippen molar-refractivity contribution in [1.82, 2.24) is 0 Å². The Morgan fingerprint density at radius 2 is 1.95 bits per heavy atom. The van der Waals surface area contributed by atoms with Gasteiger partial charge in [0.05, 0.1) is 5.92 Å². The number of benzene rings is 1. The first kappa shape index (κ1) is 16.9. The van der Waals surface area contributed by atoms with Gasteiger partial charge in [0, 0.05) is 4.83 Å². The van der Waals surface area contributed by atoms with Crippen LogP contribution in [0.25, 0.3) is 0 Å². The van der Waals surface area contributed by atoms with E-state index in [1.54, 1.807) is 0 Å². The third-order valence-corrected chi connectivity index (χ3v) is 5.68. The molecule has 2 rings (SSSR count). The molecular formula is C17H22BrF3. The summed E-state index contributed by atoms with van der Waals surface area (Å²) in [5.41, 5.74) is 3.66. The normalized spacial score (nSPS) is 24.9. The molecule has 0 saturated heterocycles. The van der Waals surface area contributed by atoms with E-state index in [1.807, 2.05) is 6.92 Å². The minimum absolute atomic E-state index is 0.116. The first-order chi connectivity index (χ1) is 9.77. The molecule has 1 aromatic rings. The van der Waals surface area contributed by atoms with Crippen LogP contribution in [0.3, 0.4) is 0 Å². The minimum atomic E-state index is -4.04. The number of halogens is 4. The molecule has 1 aliphatic carbocycles. The highest BCUT2D eigenvalue weighted by atomic mass is 79.9. The highest BCUT2D eigenvalue weighted by molar-refractivity contribution is 9.09. The number of hydrogen-bond acceptors (Lipinski definition) is 0. The highest BCUT2D eigenvalue weighted by Crippen LogP contribution is 2.42. The van der Waals surface area contributed by atoms with Crippen LogP contribution in [0.1, 0.15) is 42.4 Å². The summed E-state index contributed by atoms with van der Waals surface area (Å²) in [7, 11) is 0. The van der Waals surface area contributed by atoms with Crippen molar-refractivity contribution in [2.45, 2.75) is 57.0 Å². The molecule has 118 valence electrons. The smallest absolute Gasteiger partial charge is 0.171 e. The summed E-state index contributed by atoms with van der Waals surface area (Å²) >= 11 is 3.66. The van der Waals surface area contributed by atoms with Crippen LogP contribution in [-0.4, -0.2) is 11.0 Å². The molecule has 0 nitrogen and oxygen atoms in total. The summed E-state index contributed by atoms with van der Waals surface area (Å²) in [6.07, 6.45) is -1.09. The summed E-state index contributed by atoms with van der Waals surface area (Å²) < 4.78 is 38.7. The summed E-state index contributed by atoms with van der Waals surface area (Å²) in [4.78, 5) is 0.128. The first-order valence-electron chi connectivity index (χ1n) is 7.54. The Hall–Kier alpha value is -0.510. The summed E-state index contributed by atoms with van der Waals surface area (Å²) in [6.45, 7) is 4.11. The Balaban J connectivity index is 2.02. The van der Waals surface area contributed by atoms with Crippen molar-refractivity contribution < 1.29 is 13.2 Å². The quantitative estimate of drug-likeness (QED) is 0.580. The first-order valence-corrected chi connectivity index (χ1v) is 8.46. The fourth-order valence-electron chi connectivity index (χ4n) is 3.25. The van der Waals surface area contributed by atoms with Crippen molar-refractivity contribution in [1.29, 1.82) is 0 Å². The summed E-state index contributed by atoms with van der Waals surface area (Å²) in [5, 5.41) is 0. The number of hydrogen-bond donors (Lipinski definition) is 0. The second kappa shape index (κ2) is 6.72. The molecule has 0 spiro atoms. The fourth-order valence-corrected chi connectivity index (χ4v) is 4.08. The molecule has 4 heteroatoms. The topological polar surface area (TPSA) is 0 Å². The van der Waals surface area contributed by atoms with Crippen molar-refractivity contribution in [2.24, 2.45) is 11.8 Å². The third-order valence-electron chi connectivity index (χ3n) is 4.61. The van der Waals surface area contributed by atoms with E-state index < -0.39 is 12.1 Å². The maximum atomic E-state index is 12.9. The maximum Gasteiger partial charge on any atom is 0.391 e. The monoisotopic (exact) mass is 362 g/mol. The van der Waals surface area contributed by atoms with Gasteiger partial charge in [0.1, 0.15) is 0 Å². The van der Waals surface area contributed by atoms with Crippen LogP contribution in [-0.2, 0) is 6.42 Å². The number of aryl methyl sites for hydroxylation is 2. The predicted molar refractivity (Wildman–Crippen MR) is 83.8 cm³/mol. The van der Waals surface area contributed by atoms with Gasteiger partial charge in [-0.25, -0.2) is 0 Å². The molecule has 21 heavy (non-hydrogen) atoms. The molecule has 1 fully saturated rings. The van der Waals surface area contributed by atoms with Gasteiger partial charge in [0.2, 0.25) is 0 Å². The molecule has 1 aliphatic rings. The van der Waals surface area contributed by atoms with Crippen molar-refractivity contribution >= 4 is 15.9 Å². The van der Waals surface area contributed by atoms with E-state index in [0.29, 0.717) is 12.8 Å². The molecule has 0 N–H and O–H groups in total. The molecule has 0 aliphatic heterocycles. The molecule has 3 unspecified atom stereocenters. The summed E-state index contributed by atoms with van der Waals surface area (Å²) in [6, 6.07) is 6.31. The van der Waals surface area contributed by atoms with Crippen molar-refractivity contribution in [3.8, 4) is 0 Å². The average molecular weight is 363 g/mol. The van der Waals surface area contributed by atoms with Gasteiger partial charge in [-0.05, 0) is 56.6 Å². The standard InChI is InChI=1S/C17H22BrF3/c1-11-6-7-12(2)14(8-11)10-16(18)13-4-3-5-15(9-13)17(19,20)21/h6-8,13,15-16H,3-5,9-10H2,1-2H3. The van der Waals surface area contributed by atoms with Crippen LogP contribution in [0.15, 0.2) is 18.2 Å². The lowest BCUT2D eigenvalue weighted by Gasteiger charge is -2.33. The Labute approximate surface area is 133 Å². The molecular weight excluding hydrogens is 341 g/mol. The van der Waals surface area contributed by atoms with E-state index in [9.17, 15) is 13.2 Å². The Morgan fingerprint density at radius 3 is 2.62 bits per heavy atom. The van der Waals surface area contributed by atoms with Gasteiger partial charge in [0.25, 0.3) is 0 Å². The SMILES string of the molecule is Cc1ccc(C)c(CC(Br)C2CCCC(C(F)(F)F)C2)c1. The van der Waals surface area contributed by atoms with E-state index in [-0.39, 0.29) is 17.2 Å². The average Bonchev–Trinajstić information content (AvgIpc) is 2.42. The third kappa shape index (κ3) is 4.48. The van der Waals surface area contributed by atoms with Crippen LogP contribution in [0.2, 0.25) is 0 Å². The Bertz CT molecular complexity index is 481. The van der Waals surface area contributed by atoms with Crippen LogP contribution in [0.5, 0.6) is 0 Å². The Kier molecular flexibility index (Phi) is 5.39. The van der Waals surface area contributed by atoms with Gasteiger partial charge in [-0.2, -0.15) is 13.2 Å². The lowest BCUT2D eigenvalue weighted by molar-refractivity contribution is -0.185. The Morgan fingerprint density at radius 1 is 1.24 bits per heavy atom. The van der Waals surface area contributed by atoms with E-state index in [0.717, 1.165) is 12.8 Å². The van der Waals surface area contributed by atoms with Crippen molar-refractivity contribution in [3.63, 3.8) is 0 Å². The lowest BCUT2D eigenvalue weighted by atomic mass is 9.78. The molecule has 1 saturated carbocycles. The van der Waals surface area contributed by atoms with Crippen LogP contribution in [0, 0.1) is 25.7 Å². The molecule has 0 heterocycles. The zero-order valence-corrected chi connectivity index (χ0v) is 14.1. The maximum absolute atomic E-state index is 12.9. The lowest BCUT2D eigenvalue weighted by Crippen LogP contribution is -2.32. The van der Waals surface area contributed by atoms with Crippen LogP contribution < -0.4 is 0 Å². The van der Waals surface area contributed by atoms with Crippen molar-refractivity contribution in [2.75, 3.05) is 0 Å². The zero-order chi connectivity index (χ0) is 15.6. The van der Waals surface area contributed by atoms with Gasteiger partial charge in [-0.15, -0.1) is 0 Å². The molecule has 0 aromatic heterocycles. The molecule has 0 amide bonds. The second-order valence-corrected chi connectivity index (χ2v) is 7.49. The molecule has 0 radical (unpaired) electrons. The van der Waals surface area contributed by atoms with Gasteiger partial charge < -0.3 is 0 Å². The summed E-state index contributed by atoms with van der Waals surface area (Å²) in [5.74, 6) is -1.000. The molecule has 0 bridgehead atoms. The second-order valence-electron chi connectivity index (χ2n) is 6.32. The minimum Gasteiger partial charge on any atom is -0.171 e. The van der Waals surface area contributed by atoms with Gasteiger partial charge in [0.15, 0.2) is 0 Å². The number of rotatable bonds is 3. The van der Waals surface area contributed by atoms with Gasteiger partial charge >= 0.3 is 6.18 Å². The van der Waals surface area contributed by atoms with Crippen molar-refractivity contribution in [3.05, 3.63) is 34.9 Å². The predicted octanol–water partition coefficient (Wildman–Crippen LogP) is 5.98. The van der Waals surface area contributed by atoms with E-state index in [1.165, 1.54) is 16.7 Å². The van der Waals surface area contributed by atoms with E-state index in [4.69, 9.17) is 0 Å². The zero-order valence-electron chi connectivity index (χ0n) is 12.5. The number of alkyl halides is 4.